The molecule has 0 atom stereocenters. The van der Waals surface area contributed by atoms with Crippen molar-refractivity contribution in [3.63, 3.8) is 0 Å². The fourth-order valence-corrected chi connectivity index (χ4v) is 3.09. The van der Waals surface area contributed by atoms with Crippen LogP contribution in [0.3, 0.4) is 0 Å². The molecule has 0 aliphatic carbocycles. The number of aryl methyl sites for hydroxylation is 2. The van der Waals surface area contributed by atoms with Gasteiger partial charge in [-0.25, -0.2) is 9.98 Å². The Morgan fingerprint density at radius 3 is 2.54 bits per heavy atom. The van der Waals surface area contributed by atoms with Crippen LogP contribution in [0.15, 0.2) is 47.7 Å². The molecule has 0 bridgehead atoms. The summed E-state index contributed by atoms with van der Waals surface area (Å²) in [6.45, 7) is 9.29. The first-order valence-corrected chi connectivity index (χ1v) is 8.84. The minimum Gasteiger partial charge on any atom is -0.397 e. The number of anilines is 2. The number of carbonyl (C=O) groups excluding carboxylic acids is 1. The number of nitrogens with one attached hydrogen (secondary N) is 1. The van der Waals surface area contributed by atoms with Gasteiger partial charge in [-0.1, -0.05) is 6.58 Å². The van der Waals surface area contributed by atoms with Crippen LogP contribution < -0.4 is 16.0 Å². The second-order valence-electron chi connectivity index (χ2n) is 5.74. The topological polar surface area (TPSA) is 83.6 Å². The third-order valence-electron chi connectivity index (χ3n) is 3.67. The Bertz CT molecular complexity index is 865. The Balaban J connectivity index is 1.97. The molecule has 0 aliphatic rings. The molecule has 0 spiro atoms. The number of aromatic nitrogens is 1. The predicted molar refractivity (Wildman–Crippen MR) is 111 cm³/mol. The maximum Gasteiger partial charge on any atom is 0.223 e. The number of rotatable bonds is 6. The van der Waals surface area contributed by atoms with Crippen LogP contribution in [0.1, 0.15) is 22.5 Å². The van der Waals surface area contributed by atoms with Crippen molar-refractivity contribution in [2.75, 3.05) is 17.3 Å². The van der Waals surface area contributed by atoms with Gasteiger partial charge in [-0.3, -0.25) is 4.79 Å². The SMILES string of the molecule is C=C(N=C/C=C(\N)c1sc(C)nc1C)Nc1ccc(N(C)C(C)=O)cc1. The van der Waals surface area contributed by atoms with E-state index in [0.717, 1.165) is 27.0 Å². The smallest absolute Gasteiger partial charge is 0.223 e. The van der Waals surface area contributed by atoms with Gasteiger partial charge < -0.3 is 16.0 Å². The maximum atomic E-state index is 11.4. The number of amides is 1. The molecule has 0 saturated carbocycles. The summed E-state index contributed by atoms with van der Waals surface area (Å²) in [4.78, 5) is 22.5. The van der Waals surface area contributed by atoms with Gasteiger partial charge in [0.25, 0.3) is 0 Å². The van der Waals surface area contributed by atoms with E-state index in [1.165, 1.54) is 6.92 Å². The lowest BCUT2D eigenvalue weighted by Gasteiger charge is -2.15. The van der Waals surface area contributed by atoms with Crippen molar-refractivity contribution in [1.82, 2.24) is 4.98 Å². The number of nitrogens with zero attached hydrogens (tertiary/aromatic N) is 3. The van der Waals surface area contributed by atoms with Crippen molar-refractivity contribution in [3.8, 4) is 0 Å². The standard InChI is InChI=1S/C19H23N5OS/c1-12-19(26-14(3)22-12)18(20)10-11-21-13(2)23-16-6-8-17(9-7-16)24(5)15(4)25/h6-11,23H,2,20H2,1,3-5H3/b18-10-,21-11?. The van der Waals surface area contributed by atoms with Crippen LogP contribution in [0.5, 0.6) is 0 Å². The molecule has 136 valence electrons. The molecule has 2 rings (SSSR count). The molecular formula is C19H23N5OS. The van der Waals surface area contributed by atoms with Crippen LogP contribution in [-0.2, 0) is 4.79 Å². The summed E-state index contributed by atoms with van der Waals surface area (Å²) in [6, 6.07) is 7.44. The molecular weight excluding hydrogens is 346 g/mol. The quantitative estimate of drug-likeness (QED) is 0.761. The van der Waals surface area contributed by atoms with Gasteiger partial charge in [0.1, 0.15) is 5.82 Å². The average molecular weight is 369 g/mol. The first kappa shape index (κ1) is 19.4. The summed E-state index contributed by atoms with van der Waals surface area (Å²) < 4.78 is 0. The molecule has 1 amide bonds. The Morgan fingerprint density at radius 2 is 2.00 bits per heavy atom. The normalized spacial score (nSPS) is 11.6. The zero-order valence-corrected chi connectivity index (χ0v) is 16.2. The van der Waals surface area contributed by atoms with E-state index in [9.17, 15) is 4.79 Å². The predicted octanol–water partition coefficient (Wildman–Crippen LogP) is 3.70. The largest absolute Gasteiger partial charge is 0.397 e. The highest BCUT2D eigenvalue weighted by Crippen LogP contribution is 2.22. The van der Waals surface area contributed by atoms with Crippen LogP contribution >= 0.6 is 11.3 Å². The molecule has 0 aliphatic heterocycles. The molecule has 0 fully saturated rings. The highest BCUT2D eigenvalue weighted by Gasteiger charge is 2.06. The minimum atomic E-state index is -0.0181. The Morgan fingerprint density at radius 1 is 1.35 bits per heavy atom. The van der Waals surface area contributed by atoms with Crippen molar-refractivity contribution < 1.29 is 4.79 Å². The first-order valence-electron chi connectivity index (χ1n) is 8.02. The average Bonchev–Trinajstić information content (AvgIpc) is 2.93. The monoisotopic (exact) mass is 369 g/mol. The molecule has 1 heterocycles. The van der Waals surface area contributed by atoms with Gasteiger partial charge in [0, 0.05) is 31.6 Å². The molecule has 0 radical (unpaired) electrons. The number of thiazole rings is 1. The Kier molecular flexibility index (Phi) is 6.30. The molecule has 1 aromatic carbocycles. The molecule has 6 nitrogen and oxygen atoms in total. The van der Waals surface area contributed by atoms with E-state index >= 15 is 0 Å². The summed E-state index contributed by atoms with van der Waals surface area (Å²) in [5.74, 6) is 0.467. The van der Waals surface area contributed by atoms with Gasteiger partial charge >= 0.3 is 0 Å². The van der Waals surface area contributed by atoms with E-state index in [-0.39, 0.29) is 5.91 Å². The van der Waals surface area contributed by atoms with E-state index in [4.69, 9.17) is 5.73 Å². The van der Waals surface area contributed by atoms with Crippen molar-refractivity contribution in [2.24, 2.45) is 10.7 Å². The highest BCUT2D eigenvalue weighted by atomic mass is 32.1. The van der Waals surface area contributed by atoms with Gasteiger partial charge in [0.15, 0.2) is 0 Å². The molecule has 0 saturated heterocycles. The van der Waals surface area contributed by atoms with Crippen molar-refractivity contribution in [1.29, 1.82) is 0 Å². The zero-order chi connectivity index (χ0) is 19.3. The Hall–Kier alpha value is -2.93. The lowest BCUT2D eigenvalue weighted by molar-refractivity contribution is -0.116. The lowest BCUT2D eigenvalue weighted by Crippen LogP contribution is -2.22. The van der Waals surface area contributed by atoms with E-state index in [2.05, 4.69) is 21.9 Å². The molecule has 7 heteroatoms. The zero-order valence-electron chi connectivity index (χ0n) is 15.4. The van der Waals surface area contributed by atoms with Gasteiger partial charge in [0.2, 0.25) is 5.91 Å². The second kappa shape index (κ2) is 8.44. The molecule has 1 aromatic heterocycles. The van der Waals surface area contributed by atoms with Crippen LogP contribution in [0.2, 0.25) is 0 Å². The number of benzene rings is 1. The Labute approximate surface area is 157 Å². The minimum absolute atomic E-state index is 0.0181. The summed E-state index contributed by atoms with van der Waals surface area (Å²) in [7, 11) is 1.73. The lowest BCUT2D eigenvalue weighted by atomic mass is 10.2. The molecule has 3 N–H and O–H groups in total. The summed E-state index contributed by atoms with van der Waals surface area (Å²) in [5.41, 5.74) is 9.27. The van der Waals surface area contributed by atoms with Gasteiger partial charge in [-0.15, -0.1) is 11.3 Å². The van der Waals surface area contributed by atoms with Crippen LogP contribution in [-0.4, -0.2) is 24.2 Å². The molecule has 0 unspecified atom stereocenters. The molecule has 26 heavy (non-hydrogen) atoms. The second-order valence-corrected chi connectivity index (χ2v) is 6.95. The number of aliphatic imine (C=N–C) groups is 1. The number of allylic oxidation sites excluding steroid dienone is 1. The summed E-state index contributed by atoms with van der Waals surface area (Å²) in [6.07, 6.45) is 3.34. The van der Waals surface area contributed by atoms with Gasteiger partial charge in [-0.2, -0.15) is 0 Å². The summed E-state index contributed by atoms with van der Waals surface area (Å²) >= 11 is 1.56. The number of hydrogen-bond acceptors (Lipinski definition) is 6. The number of carbonyl (C=O) groups is 1. The third kappa shape index (κ3) is 5.03. The van der Waals surface area contributed by atoms with E-state index in [1.54, 1.807) is 35.6 Å². The van der Waals surface area contributed by atoms with Crippen molar-refractivity contribution in [2.45, 2.75) is 20.8 Å². The van der Waals surface area contributed by atoms with Crippen LogP contribution in [0, 0.1) is 13.8 Å². The fraction of sp³-hybridized carbons (Fsp3) is 0.211. The van der Waals surface area contributed by atoms with Gasteiger partial charge in [0.05, 0.1) is 21.3 Å². The number of nitrogens with two attached hydrogens (primary N) is 1. The summed E-state index contributed by atoms with van der Waals surface area (Å²) in [5, 5.41) is 4.07. The van der Waals surface area contributed by atoms with E-state index < -0.39 is 0 Å². The van der Waals surface area contributed by atoms with Crippen LogP contribution in [0.4, 0.5) is 11.4 Å². The highest BCUT2D eigenvalue weighted by molar-refractivity contribution is 7.12. The van der Waals surface area contributed by atoms with E-state index in [0.29, 0.717) is 11.5 Å². The van der Waals surface area contributed by atoms with Crippen molar-refractivity contribution >= 4 is 40.5 Å². The first-order chi connectivity index (χ1) is 12.3. The van der Waals surface area contributed by atoms with Crippen molar-refractivity contribution in [3.05, 3.63) is 58.3 Å². The molecule has 2 aromatic rings. The van der Waals surface area contributed by atoms with Crippen LogP contribution in [0.25, 0.3) is 5.70 Å². The third-order valence-corrected chi connectivity index (χ3v) is 4.79. The van der Waals surface area contributed by atoms with Gasteiger partial charge in [-0.05, 0) is 44.2 Å². The number of hydrogen-bond donors (Lipinski definition) is 2. The maximum absolute atomic E-state index is 11.4. The fourth-order valence-electron chi connectivity index (χ4n) is 2.23. The van der Waals surface area contributed by atoms with E-state index in [1.807, 2.05) is 38.1 Å².